The van der Waals surface area contributed by atoms with Gasteiger partial charge in [-0.15, -0.1) is 0 Å². The van der Waals surface area contributed by atoms with Gasteiger partial charge < -0.3 is 10.0 Å². The first-order chi connectivity index (χ1) is 11.7. The average molecular weight is 338 g/mol. The van der Waals surface area contributed by atoms with E-state index in [2.05, 4.69) is 53.2 Å². The van der Waals surface area contributed by atoms with Crippen molar-refractivity contribution in [2.24, 2.45) is 0 Å². The van der Waals surface area contributed by atoms with Crippen molar-refractivity contribution in [2.45, 2.75) is 25.7 Å². The molecule has 1 aliphatic carbocycles. The third kappa shape index (κ3) is 2.55. The topological polar surface area (TPSA) is 53.4 Å². The standard InChI is InChI=1S/C19H18N2O2S/c1-2-21(19-20-11-17(24-19)18(22)23)16-10-9-13(12-7-8-12)14-5-3-4-6-15(14)16/h3-6,9-12H,2,7-8H2,1H3,(H,22,23). The molecule has 0 radical (unpaired) electrons. The number of carboxylic acid groups (broad SMARTS) is 1. The maximum Gasteiger partial charge on any atom is 0.347 e. The van der Waals surface area contributed by atoms with Crippen molar-refractivity contribution in [1.29, 1.82) is 0 Å². The number of aromatic nitrogens is 1. The molecule has 1 N–H and O–H groups in total. The fourth-order valence-electron chi connectivity index (χ4n) is 3.19. The van der Waals surface area contributed by atoms with Crippen LogP contribution in [0.3, 0.4) is 0 Å². The van der Waals surface area contributed by atoms with Gasteiger partial charge in [-0.2, -0.15) is 0 Å². The van der Waals surface area contributed by atoms with Gasteiger partial charge in [-0.3, -0.25) is 0 Å². The summed E-state index contributed by atoms with van der Waals surface area (Å²) in [6.07, 6.45) is 3.98. The van der Waals surface area contributed by atoms with E-state index in [1.165, 1.54) is 46.7 Å². The summed E-state index contributed by atoms with van der Waals surface area (Å²) in [6.45, 7) is 2.80. The van der Waals surface area contributed by atoms with Crippen LogP contribution >= 0.6 is 11.3 Å². The van der Waals surface area contributed by atoms with E-state index in [-0.39, 0.29) is 4.88 Å². The molecule has 0 unspecified atom stereocenters. The second-order valence-electron chi connectivity index (χ2n) is 6.05. The number of carbonyl (C=O) groups is 1. The summed E-state index contributed by atoms with van der Waals surface area (Å²) in [5, 5.41) is 12.4. The Morgan fingerprint density at radius 1 is 1.25 bits per heavy atom. The Balaban J connectivity index is 1.84. The van der Waals surface area contributed by atoms with Gasteiger partial charge in [0.25, 0.3) is 0 Å². The third-order valence-corrected chi connectivity index (χ3v) is 5.50. The molecule has 122 valence electrons. The third-order valence-electron chi connectivity index (χ3n) is 4.49. The molecule has 5 heteroatoms. The predicted molar refractivity (Wildman–Crippen MR) is 97.7 cm³/mol. The van der Waals surface area contributed by atoms with E-state index in [1.807, 2.05) is 0 Å². The lowest BCUT2D eigenvalue weighted by atomic mass is 9.99. The molecular formula is C19H18N2O2S. The molecule has 0 amide bonds. The van der Waals surface area contributed by atoms with E-state index in [9.17, 15) is 4.79 Å². The van der Waals surface area contributed by atoms with Crippen LogP contribution in [0, 0.1) is 0 Å². The van der Waals surface area contributed by atoms with Crippen molar-refractivity contribution in [3.63, 3.8) is 0 Å². The summed E-state index contributed by atoms with van der Waals surface area (Å²) in [5.74, 6) is -0.235. The number of fused-ring (bicyclic) bond motifs is 1. The molecule has 24 heavy (non-hydrogen) atoms. The highest BCUT2D eigenvalue weighted by atomic mass is 32.1. The second-order valence-corrected chi connectivity index (χ2v) is 7.06. The highest BCUT2D eigenvalue weighted by Crippen LogP contribution is 2.45. The molecule has 3 aromatic rings. The van der Waals surface area contributed by atoms with Crippen LogP contribution < -0.4 is 4.90 Å². The first-order valence-corrected chi connectivity index (χ1v) is 8.99. The monoisotopic (exact) mass is 338 g/mol. The molecule has 0 bridgehead atoms. The molecule has 1 aliphatic rings. The van der Waals surface area contributed by atoms with Gasteiger partial charge in [0, 0.05) is 11.9 Å². The molecule has 0 spiro atoms. The van der Waals surface area contributed by atoms with Crippen LogP contribution in [0.4, 0.5) is 10.8 Å². The van der Waals surface area contributed by atoms with Crippen molar-refractivity contribution >= 4 is 38.9 Å². The number of hydrogen-bond acceptors (Lipinski definition) is 4. The molecule has 4 nitrogen and oxygen atoms in total. The molecule has 1 heterocycles. The number of benzene rings is 2. The molecule has 1 fully saturated rings. The minimum Gasteiger partial charge on any atom is -0.477 e. The zero-order valence-corrected chi connectivity index (χ0v) is 14.2. The van der Waals surface area contributed by atoms with Gasteiger partial charge in [-0.25, -0.2) is 9.78 Å². The molecule has 1 saturated carbocycles. The van der Waals surface area contributed by atoms with Crippen LogP contribution in [0.15, 0.2) is 42.6 Å². The number of hydrogen-bond donors (Lipinski definition) is 1. The van der Waals surface area contributed by atoms with E-state index in [0.717, 1.165) is 17.4 Å². The van der Waals surface area contributed by atoms with E-state index >= 15 is 0 Å². The quantitative estimate of drug-likeness (QED) is 0.709. The van der Waals surface area contributed by atoms with Crippen LogP contribution in [0.1, 0.15) is 40.9 Å². The van der Waals surface area contributed by atoms with Crippen LogP contribution in [0.25, 0.3) is 10.8 Å². The van der Waals surface area contributed by atoms with Crippen molar-refractivity contribution in [2.75, 3.05) is 11.4 Å². The number of aromatic carboxylic acids is 1. The van der Waals surface area contributed by atoms with Gasteiger partial charge in [0.15, 0.2) is 5.13 Å². The SMILES string of the molecule is CCN(c1ncc(C(=O)O)s1)c1ccc(C2CC2)c2ccccc12. The fourth-order valence-corrected chi connectivity index (χ4v) is 4.02. The molecule has 0 aliphatic heterocycles. The van der Waals surface area contributed by atoms with Crippen molar-refractivity contribution in [3.8, 4) is 0 Å². The first-order valence-electron chi connectivity index (χ1n) is 8.17. The molecule has 4 rings (SSSR count). The molecular weight excluding hydrogens is 320 g/mol. The summed E-state index contributed by atoms with van der Waals surface area (Å²) in [6, 6.07) is 12.8. The number of thiazole rings is 1. The molecule has 0 atom stereocenters. The zero-order chi connectivity index (χ0) is 16.7. The minimum atomic E-state index is -0.927. The number of anilines is 2. The summed E-state index contributed by atoms with van der Waals surface area (Å²) >= 11 is 1.22. The number of nitrogens with zero attached hydrogens (tertiary/aromatic N) is 2. The predicted octanol–water partition coefficient (Wildman–Crippen LogP) is 5.03. The second kappa shape index (κ2) is 5.91. The smallest absolute Gasteiger partial charge is 0.347 e. The van der Waals surface area contributed by atoms with Gasteiger partial charge in [0.05, 0.1) is 11.9 Å². The summed E-state index contributed by atoms with van der Waals surface area (Å²) in [7, 11) is 0. The lowest BCUT2D eigenvalue weighted by Gasteiger charge is -2.23. The maximum absolute atomic E-state index is 11.2. The van der Waals surface area contributed by atoms with E-state index in [4.69, 9.17) is 5.11 Å². The molecule has 2 aromatic carbocycles. The van der Waals surface area contributed by atoms with Crippen molar-refractivity contribution < 1.29 is 9.90 Å². The Bertz CT molecular complexity index is 915. The van der Waals surface area contributed by atoms with Crippen LogP contribution in [-0.2, 0) is 0 Å². The van der Waals surface area contributed by atoms with Gasteiger partial charge in [-0.1, -0.05) is 41.7 Å². The Morgan fingerprint density at radius 3 is 2.62 bits per heavy atom. The Labute approximate surface area is 144 Å². The first kappa shape index (κ1) is 15.1. The van der Waals surface area contributed by atoms with Crippen molar-refractivity contribution in [3.05, 3.63) is 53.0 Å². The highest BCUT2D eigenvalue weighted by molar-refractivity contribution is 7.17. The lowest BCUT2D eigenvalue weighted by Crippen LogP contribution is -2.16. The van der Waals surface area contributed by atoms with Crippen LogP contribution in [0.2, 0.25) is 0 Å². The Hall–Kier alpha value is -2.40. The lowest BCUT2D eigenvalue weighted by molar-refractivity contribution is 0.0702. The van der Waals surface area contributed by atoms with Gasteiger partial charge >= 0.3 is 5.97 Å². The van der Waals surface area contributed by atoms with E-state index in [0.29, 0.717) is 5.92 Å². The Kier molecular flexibility index (Phi) is 3.73. The number of carboxylic acids is 1. The number of rotatable bonds is 5. The summed E-state index contributed by atoms with van der Waals surface area (Å²) in [5.41, 5.74) is 2.51. The van der Waals surface area contributed by atoms with Crippen LogP contribution in [-0.4, -0.2) is 22.6 Å². The zero-order valence-electron chi connectivity index (χ0n) is 13.4. The fraction of sp³-hybridized carbons (Fsp3) is 0.263. The summed E-state index contributed by atoms with van der Waals surface area (Å²) < 4.78 is 0. The largest absolute Gasteiger partial charge is 0.477 e. The van der Waals surface area contributed by atoms with Crippen LogP contribution in [0.5, 0.6) is 0 Å². The van der Waals surface area contributed by atoms with E-state index < -0.39 is 5.97 Å². The maximum atomic E-state index is 11.2. The minimum absolute atomic E-state index is 0.266. The van der Waals surface area contributed by atoms with Gasteiger partial charge in [0.2, 0.25) is 0 Å². The van der Waals surface area contributed by atoms with E-state index in [1.54, 1.807) is 0 Å². The normalized spacial score (nSPS) is 14.0. The van der Waals surface area contributed by atoms with Crippen molar-refractivity contribution in [1.82, 2.24) is 4.98 Å². The van der Waals surface area contributed by atoms with Gasteiger partial charge in [-0.05, 0) is 42.7 Å². The molecule has 0 saturated heterocycles. The summed E-state index contributed by atoms with van der Waals surface area (Å²) in [4.78, 5) is 17.8. The average Bonchev–Trinajstić information content (AvgIpc) is 3.32. The van der Waals surface area contributed by atoms with Gasteiger partial charge in [0.1, 0.15) is 4.88 Å². The Morgan fingerprint density at radius 2 is 2.00 bits per heavy atom. The molecule has 1 aromatic heterocycles. The highest BCUT2D eigenvalue weighted by Gasteiger charge is 2.26.